The Morgan fingerprint density at radius 3 is 2.48 bits per heavy atom. The first-order valence-corrected chi connectivity index (χ1v) is 11.3. The molecule has 0 bridgehead atoms. The molecule has 166 valence electrons. The Bertz CT molecular complexity index is 1530. The largest absolute Gasteiger partial charge is 0.454 e. The lowest BCUT2D eigenvalue weighted by atomic mass is 10.1. The second-order valence-electron chi connectivity index (χ2n) is 7.04. The highest BCUT2D eigenvalue weighted by Gasteiger charge is 2.18. The molecule has 0 radical (unpaired) electrons. The zero-order valence-electron chi connectivity index (χ0n) is 17.0. The predicted molar refractivity (Wildman–Crippen MR) is 119 cm³/mol. The van der Waals surface area contributed by atoms with Gasteiger partial charge in [-0.05, 0) is 36.4 Å². The van der Waals surface area contributed by atoms with Gasteiger partial charge in [0.05, 0.1) is 4.90 Å². The third kappa shape index (κ3) is 4.23. The Morgan fingerprint density at radius 2 is 1.64 bits per heavy atom. The first kappa shape index (κ1) is 20.6. The Kier molecular flexibility index (Phi) is 5.19. The van der Waals surface area contributed by atoms with Crippen molar-refractivity contribution in [1.29, 1.82) is 0 Å². The van der Waals surface area contributed by atoms with Crippen LogP contribution in [-0.2, 0) is 10.0 Å². The zero-order valence-corrected chi connectivity index (χ0v) is 17.8. The lowest BCUT2D eigenvalue weighted by molar-refractivity contribution is 0.102. The molecule has 2 N–H and O–H groups in total. The summed E-state index contributed by atoms with van der Waals surface area (Å²) in [5, 5.41) is 7.32. The molecule has 0 atom stereocenters. The van der Waals surface area contributed by atoms with Crippen LogP contribution in [0.15, 0.2) is 93.3 Å². The van der Waals surface area contributed by atoms with E-state index in [9.17, 15) is 13.2 Å². The molecule has 9 nitrogen and oxygen atoms in total. The highest BCUT2D eigenvalue weighted by atomic mass is 32.2. The van der Waals surface area contributed by atoms with Gasteiger partial charge in [0.15, 0.2) is 11.5 Å². The van der Waals surface area contributed by atoms with Crippen LogP contribution >= 0.6 is 0 Å². The lowest BCUT2D eigenvalue weighted by Gasteiger charge is -2.08. The number of rotatable bonds is 5. The smallest absolute Gasteiger partial charge is 0.276 e. The maximum absolute atomic E-state index is 13.1. The maximum Gasteiger partial charge on any atom is 0.276 e. The molecule has 0 unspecified atom stereocenters. The molecule has 1 amide bonds. The summed E-state index contributed by atoms with van der Waals surface area (Å²) in [5.41, 5.74) is 0.761. The lowest BCUT2D eigenvalue weighted by Crippen LogP contribution is -2.27. The number of nitrogens with one attached hydrogen (secondary N) is 2. The molecule has 5 rings (SSSR count). The molecule has 0 saturated carbocycles. The van der Waals surface area contributed by atoms with Gasteiger partial charge in [-0.15, -0.1) is 5.10 Å². The number of carbonyl (C=O) groups is 1. The molecule has 0 saturated heterocycles. The molecule has 2 heterocycles. The fraction of sp³-hybridized carbons (Fsp3) is 0.0435. The number of sulfonamides is 1. The van der Waals surface area contributed by atoms with E-state index in [2.05, 4.69) is 15.2 Å². The molecular formula is C23H17N3O6S. The van der Waals surface area contributed by atoms with Gasteiger partial charge in [-0.3, -0.25) is 4.79 Å². The van der Waals surface area contributed by atoms with Gasteiger partial charge in [0, 0.05) is 17.1 Å². The molecule has 33 heavy (non-hydrogen) atoms. The van der Waals surface area contributed by atoms with E-state index in [1.54, 1.807) is 66.7 Å². The highest BCUT2D eigenvalue weighted by molar-refractivity contribution is 7.89. The quantitative estimate of drug-likeness (QED) is 0.439. The summed E-state index contributed by atoms with van der Waals surface area (Å²) in [5.74, 6) is 0.553. The van der Waals surface area contributed by atoms with Crippen molar-refractivity contribution in [2.24, 2.45) is 5.10 Å². The monoisotopic (exact) mass is 463 g/mol. The van der Waals surface area contributed by atoms with E-state index in [4.69, 9.17) is 13.9 Å². The molecule has 1 aliphatic heterocycles. The number of carbonyl (C=O) groups excluding carboxylic acids is 1. The molecule has 1 aromatic heterocycles. The van der Waals surface area contributed by atoms with Crippen molar-refractivity contribution in [3.8, 4) is 11.5 Å². The van der Waals surface area contributed by atoms with Crippen molar-refractivity contribution in [1.82, 2.24) is 4.83 Å². The van der Waals surface area contributed by atoms with Crippen molar-refractivity contribution in [2.75, 3.05) is 12.1 Å². The Morgan fingerprint density at radius 1 is 0.879 bits per heavy atom. The summed E-state index contributed by atoms with van der Waals surface area (Å²) >= 11 is 0. The third-order valence-corrected chi connectivity index (χ3v) is 6.08. The number of anilines is 1. The molecule has 10 heteroatoms. The summed E-state index contributed by atoms with van der Waals surface area (Å²) in [6.07, 6.45) is 0. The van der Waals surface area contributed by atoms with Crippen LogP contribution in [0.25, 0.3) is 11.0 Å². The van der Waals surface area contributed by atoms with Crippen molar-refractivity contribution < 1.29 is 27.1 Å². The average Bonchev–Trinajstić information content (AvgIpc) is 3.31. The Balaban J connectivity index is 1.52. The highest BCUT2D eigenvalue weighted by Crippen LogP contribution is 2.34. The van der Waals surface area contributed by atoms with Gasteiger partial charge in [-0.1, -0.05) is 36.4 Å². The minimum Gasteiger partial charge on any atom is -0.454 e. The second kappa shape index (κ2) is 8.32. The van der Waals surface area contributed by atoms with Crippen molar-refractivity contribution in [3.63, 3.8) is 0 Å². The number of fused-ring (bicyclic) bond motifs is 2. The maximum atomic E-state index is 13.1. The van der Waals surface area contributed by atoms with Crippen LogP contribution in [0.4, 0.5) is 5.69 Å². The van der Waals surface area contributed by atoms with Crippen LogP contribution in [0.5, 0.6) is 11.5 Å². The Hall–Kier alpha value is -4.31. The standard InChI is InChI=1S/C23H17N3O6S/c27-22(24-16-10-11-20-21(13-16)31-14-30-20)18-12-15-6-4-5-9-19(15)32-23(18)25-26-33(28,29)17-7-2-1-3-8-17/h1-13,26H,14H2,(H,24,27). The average molecular weight is 463 g/mol. The van der Waals surface area contributed by atoms with E-state index < -0.39 is 15.9 Å². The predicted octanol–water partition coefficient (Wildman–Crippen LogP) is 3.21. The number of benzene rings is 3. The fourth-order valence-corrected chi connectivity index (χ4v) is 4.07. The van der Waals surface area contributed by atoms with E-state index in [-0.39, 0.29) is 22.8 Å². The van der Waals surface area contributed by atoms with E-state index in [1.165, 1.54) is 12.1 Å². The number of ether oxygens (including phenoxy) is 2. The molecule has 1 aliphatic rings. The molecule has 3 aromatic carbocycles. The van der Waals surface area contributed by atoms with Crippen molar-refractivity contribution in [2.45, 2.75) is 4.90 Å². The van der Waals surface area contributed by atoms with Gasteiger partial charge in [-0.25, -0.2) is 0 Å². The number of nitrogens with zero attached hydrogens (tertiary/aromatic N) is 1. The summed E-state index contributed by atoms with van der Waals surface area (Å²) in [6, 6.07) is 21.3. The van der Waals surface area contributed by atoms with Gasteiger partial charge in [-0.2, -0.15) is 13.2 Å². The Labute approximate surface area is 188 Å². The summed E-state index contributed by atoms with van der Waals surface area (Å²) in [6.45, 7) is 0.112. The number of hydrogen-bond acceptors (Lipinski definition) is 7. The number of hydrogen-bond donors (Lipinski definition) is 2. The summed E-state index contributed by atoms with van der Waals surface area (Å²) in [7, 11) is -3.96. The molecule has 0 fully saturated rings. The zero-order chi connectivity index (χ0) is 22.8. The van der Waals surface area contributed by atoms with Gasteiger partial charge in [0.1, 0.15) is 11.1 Å². The van der Waals surface area contributed by atoms with Crippen LogP contribution in [0.1, 0.15) is 10.4 Å². The second-order valence-corrected chi connectivity index (χ2v) is 8.71. The first-order valence-electron chi connectivity index (χ1n) is 9.84. The van der Waals surface area contributed by atoms with E-state index in [1.807, 2.05) is 0 Å². The minimum atomic E-state index is -3.96. The van der Waals surface area contributed by atoms with Gasteiger partial charge in [0.2, 0.25) is 12.3 Å². The van der Waals surface area contributed by atoms with Crippen molar-refractivity contribution in [3.05, 3.63) is 90.0 Å². The van der Waals surface area contributed by atoms with Crippen LogP contribution in [0.2, 0.25) is 0 Å². The van der Waals surface area contributed by atoms with Gasteiger partial charge < -0.3 is 19.2 Å². The molecule has 0 aliphatic carbocycles. The topological polar surface area (TPSA) is 119 Å². The molecule has 0 spiro atoms. The van der Waals surface area contributed by atoms with E-state index in [0.29, 0.717) is 28.2 Å². The molecule has 4 aromatic rings. The van der Waals surface area contributed by atoms with E-state index >= 15 is 0 Å². The van der Waals surface area contributed by atoms with Crippen molar-refractivity contribution >= 4 is 32.6 Å². The SMILES string of the molecule is O=C(Nc1ccc2c(c1)OCO2)c1cc2ccccc2oc1=NNS(=O)(=O)c1ccccc1. The van der Waals surface area contributed by atoms with Gasteiger partial charge in [0.25, 0.3) is 15.9 Å². The summed E-state index contributed by atoms with van der Waals surface area (Å²) < 4.78 is 41.5. The van der Waals surface area contributed by atoms with Crippen LogP contribution in [0, 0.1) is 0 Å². The summed E-state index contributed by atoms with van der Waals surface area (Å²) in [4.78, 5) is 15.3. The third-order valence-electron chi connectivity index (χ3n) is 4.85. The normalized spacial score (nSPS) is 13.2. The van der Waals surface area contributed by atoms with Crippen LogP contribution < -0.4 is 25.2 Å². The number of para-hydroxylation sites is 1. The van der Waals surface area contributed by atoms with Crippen LogP contribution in [-0.4, -0.2) is 21.1 Å². The number of amides is 1. The molecular weight excluding hydrogens is 446 g/mol. The first-order chi connectivity index (χ1) is 16.0. The van der Waals surface area contributed by atoms with Crippen LogP contribution in [0.3, 0.4) is 0 Å². The van der Waals surface area contributed by atoms with Gasteiger partial charge >= 0.3 is 0 Å². The fourth-order valence-electron chi connectivity index (χ4n) is 3.24. The minimum absolute atomic E-state index is 0.0286. The van der Waals surface area contributed by atoms with E-state index in [0.717, 1.165) is 0 Å².